The molecule has 0 spiro atoms. The number of amides is 2. The molecule has 0 radical (unpaired) electrons. The molecule has 0 aromatic heterocycles. The van der Waals surface area contributed by atoms with E-state index in [0.29, 0.717) is 25.3 Å². The van der Waals surface area contributed by atoms with Crippen LogP contribution >= 0.6 is 0 Å². The van der Waals surface area contributed by atoms with Crippen molar-refractivity contribution in [3.05, 3.63) is 54.6 Å². The summed E-state index contributed by atoms with van der Waals surface area (Å²) in [5.41, 5.74) is 0.751. The third-order valence-corrected chi connectivity index (χ3v) is 4.66. The molecule has 7 heteroatoms. The molecule has 0 atom stereocenters. The Kier molecular flexibility index (Phi) is 6.41. The van der Waals surface area contributed by atoms with Crippen molar-refractivity contribution in [2.24, 2.45) is 0 Å². The molecule has 0 aliphatic heterocycles. The second kappa shape index (κ2) is 8.53. The van der Waals surface area contributed by atoms with Gasteiger partial charge >= 0.3 is 6.03 Å². The Labute approximate surface area is 148 Å². The second-order valence-corrected chi connectivity index (χ2v) is 7.68. The van der Waals surface area contributed by atoms with E-state index in [9.17, 15) is 13.2 Å². The standard InChI is InChI=1S/C18H22N2O4S/c1-20(18(21)19-15-7-4-3-5-8-15)13-6-14-24-16-9-11-17(12-10-16)25(2,22)23/h3-5,7-12H,6,13-14H2,1-2H3,(H,19,21). The van der Waals surface area contributed by atoms with E-state index in [4.69, 9.17) is 4.74 Å². The van der Waals surface area contributed by atoms with Crippen LogP contribution < -0.4 is 10.1 Å². The minimum atomic E-state index is -3.20. The van der Waals surface area contributed by atoms with Gasteiger partial charge in [0.05, 0.1) is 11.5 Å². The van der Waals surface area contributed by atoms with E-state index in [1.807, 2.05) is 30.3 Å². The molecular formula is C18H22N2O4S. The van der Waals surface area contributed by atoms with E-state index < -0.39 is 9.84 Å². The first kappa shape index (κ1) is 18.8. The van der Waals surface area contributed by atoms with Crippen molar-refractivity contribution in [1.29, 1.82) is 0 Å². The van der Waals surface area contributed by atoms with Gasteiger partial charge in [-0.25, -0.2) is 13.2 Å². The molecule has 0 heterocycles. The number of ether oxygens (including phenoxy) is 1. The lowest BCUT2D eigenvalue weighted by Crippen LogP contribution is -2.32. The van der Waals surface area contributed by atoms with Crippen LogP contribution in [0, 0.1) is 0 Å². The summed E-state index contributed by atoms with van der Waals surface area (Å²) in [6.07, 6.45) is 1.83. The van der Waals surface area contributed by atoms with Crippen LogP contribution in [0.15, 0.2) is 59.5 Å². The topological polar surface area (TPSA) is 75.7 Å². The lowest BCUT2D eigenvalue weighted by Gasteiger charge is -2.18. The van der Waals surface area contributed by atoms with E-state index >= 15 is 0 Å². The van der Waals surface area contributed by atoms with Gasteiger partial charge in [-0.3, -0.25) is 0 Å². The zero-order valence-corrected chi connectivity index (χ0v) is 15.1. The summed E-state index contributed by atoms with van der Waals surface area (Å²) >= 11 is 0. The molecule has 1 N–H and O–H groups in total. The number of sulfone groups is 1. The molecular weight excluding hydrogens is 340 g/mol. The molecule has 0 saturated heterocycles. The van der Waals surface area contributed by atoms with Crippen molar-refractivity contribution < 1.29 is 17.9 Å². The van der Waals surface area contributed by atoms with Gasteiger partial charge in [0.2, 0.25) is 0 Å². The average Bonchev–Trinajstić information content (AvgIpc) is 2.59. The third kappa shape index (κ3) is 6.11. The molecule has 6 nitrogen and oxygen atoms in total. The Morgan fingerprint density at radius 2 is 1.72 bits per heavy atom. The summed E-state index contributed by atoms with van der Waals surface area (Å²) in [6.45, 7) is 0.973. The van der Waals surface area contributed by atoms with Crippen LogP contribution in [-0.2, 0) is 9.84 Å². The number of para-hydroxylation sites is 1. The maximum Gasteiger partial charge on any atom is 0.321 e. The molecule has 2 rings (SSSR count). The highest BCUT2D eigenvalue weighted by molar-refractivity contribution is 7.90. The summed E-state index contributed by atoms with van der Waals surface area (Å²) < 4.78 is 28.3. The van der Waals surface area contributed by atoms with Gasteiger partial charge in [-0.2, -0.15) is 0 Å². The summed E-state index contributed by atoms with van der Waals surface area (Å²) in [6, 6.07) is 15.4. The molecule has 25 heavy (non-hydrogen) atoms. The van der Waals surface area contributed by atoms with E-state index in [0.717, 1.165) is 5.69 Å². The quantitative estimate of drug-likeness (QED) is 0.768. The number of rotatable bonds is 7. The smallest absolute Gasteiger partial charge is 0.321 e. The highest BCUT2D eigenvalue weighted by Gasteiger charge is 2.09. The second-order valence-electron chi connectivity index (χ2n) is 5.66. The number of carbonyl (C=O) groups excluding carboxylic acids is 1. The van der Waals surface area contributed by atoms with Crippen molar-refractivity contribution in [2.45, 2.75) is 11.3 Å². The van der Waals surface area contributed by atoms with Crippen molar-refractivity contribution in [3.63, 3.8) is 0 Å². The van der Waals surface area contributed by atoms with Gasteiger partial charge in [0, 0.05) is 25.5 Å². The third-order valence-electron chi connectivity index (χ3n) is 3.53. The van der Waals surface area contributed by atoms with Crippen LogP contribution in [0.3, 0.4) is 0 Å². The van der Waals surface area contributed by atoms with Gasteiger partial charge < -0.3 is 15.0 Å². The number of nitrogens with zero attached hydrogens (tertiary/aromatic N) is 1. The van der Waals surface area contributed by atoms with Gasteiger partial charge in [-0.05, 0) is 42.8 Å². The highest BCUT2D eigenvalue weighted by atomic mass is 32.2. The van der Waals surface area contributed by atoms with Crippen LogP contribution in [0.5, 0.6) is 5.75 Å². The molecule has 2 amide bonds. The van der Waals surface area contributed by atoms with E-state index in [-0.39, 0.29) is 10.9 Å². The predicted octanol–water partition coefficient (Wildman–Crippen LogP) is 3.02. The van der Waals surface area contributed by atoms with Crippen molar-refractivity contribution in [3.8, 4) is 5.75 Å². The van der Waals surface area contributed by atoms with Crippen LogP contribution in [0.25, 0.3) is 0 Å². The van der Waals surface area contributed by atoms with Crippen LogP contribution in [0.2, 0.25) is 0 Å². The lowest BCUT2D eigenvalue weighted by molar-refractivity contribution is 0.216. The molecule has 134 valence electrons. The number of anilines is 1. The van der Waals surface area contributed by atoms with E-state index in [2.05, 4.69) is 5.32 Å². The van der Waals surface area contributed by atoms with Crippen LogP contribution in [0.1, 0.15) is 6.42 Å². The lowest BCUT2D eigenvalue weighted by atomic mass is 10.3. The Hall–Kier alpha value is -2.54. The first-order chi connectivity index (χ1) is 11.9. The molecule has 2 aromatic rings. The molecule has 2 aromatic carbocycles. The largest absolute Gasteiger partial charge is 0.494 e. The minimum absolute atomic E-state index is 0.177. The molecule has 0 saturated carbocycles. The molecule has 0 bridgehead atoms. The fourth-order valence-electron chi connectivity index (χ4n) is 2.12. The van der Waals surface area contributed by atoms with Crippen molar-refractivity contribution in [2.75, 3.05) is 31.8 Å². The number of benzene rings is 2. The average molecular weight is 362 g/mol. The Morgan fingerprint density at radius 3 is 2.32 bits per heavy atom. The Balaban J connectivity index is 1.72. The first-order valence-corrected chi connectivity index (χ1v) is 9.75. The number of hydrogen-bond acceptors (Lipinski definition) is 4. The normalized spacial score (nSPS) is 11.0. The zero-order valence-electron chi connectivity index (χ0n) is 14.3. The van der Waals surface area contributed by atoms with Crippen LogP contribution in [0.4, 0.5) is 10.5 Å². The maximum atomic E-state index is 12.0. The number of hydrogen-bond donors (Lipinski definition) is 1. The highest BCUT2D eigenvalue weighted by Crippen LogP contribution is 2.16. The molecule has 0 aliphatic rings. The van der Waals surface area contributed by atoms with Gasteiger partial charge in [0.25, 0.3) is 0 Å². The van der Waals surface area contributed by atoms with Gasteiger partial charge in [-0.15, -0.1) is 0 Å². The van der Waals surface area contributed by atoms with Crippen LogP contribution in [-0.4, -0.2) is 45.8 Å². The van der Waals surface area contributed by atoms with Gasteiger partial charge in [0.15, 0.2) is 9.84 Å². The Bertz CT molecular complexity index is 790. The maximum absolute atomic E-state index is 12.0. The van der Waals surface area contributed by atoms with Gasteiger partial charge in [-0.1, -0.05) is 18.2 Å². The summed E-state index contributed by atoms with van der Waals surface area (Å²) in [5, 5.41) is 2.81. The number of urea groups is 1. The molecule has 0 unspecified atom stereocenters. The zero-order chi connectivity index (χ0) is 18.3. The van der Waals surface area contributed by atoms with Crippen molar-refractivity contribution >= 4 is 21.6 Å². The number of carbonyl (C=O) groups is 1. The fourth-order valence-corrected chi connectivity index (χ4v) is 2.75. The van der Waals surface area contributed by atoms with E-state index in [1.54, 1.807) is 24.1 Å². The minimum Gasteiger partial charge on any atom is -0.494 e. The molecule has 0 aliphatic carbocycles. The van der Waals surface area contributed by atoms with E-state index in [1.165, 1.54) is 18.4 Å². The Morgan fingerprint density at radius 1 is 1.08 bits per heavy atom. The van der Waals surface area contributed by atoms with Crippen molar-refractivity contribution in [1.82, 2.24) is 4.90 Å². The summed E-state index contributed by atoms with van der Waals surface area (Å²) in [4.78, 5) is 13.9. The number of nitrogens with one attached hydrogen (secondary N) is 1. The van der Waals surface area contributed by atoms with Gasteiger partial charge in [0.1, 0.15) is 5.75 Å². The SMILES string of the molecule is CN(CCCOc1ccc(S(C)(=O)=O)cc1)C(=O)Nc1ccccc1. The molecule has 0 fully saturated rings. The fraction of sp³-hybridized carbons (Fsp3) is 0.278. The summed E-state index contributed by atoms with van der Waals surface area (Å²) in [7, 11) is -1.48. The monoisotopic (exact) mass is 362 g/mol. The first-order valence-electron chi connectivity index (χ1n) is 7.86. The summed E-state index contributed by atoms with van der Waals surface area (Å²) in [5.74, 6) is 0.601. The predicted molar refractivity (Wildman–Crippen MR) is 97.8 cm³/mol.